The second kappa shape index (κ2) is 9.05. The molecule has 0 spiro atoms. The van der Waals surface area contributed by atoms with E-state index in [1.807, 2.05) is 0 Å². The van der Waals surface area contributed by atoms with Crippen LogP contribution in [0.3, 0.4) is 0 Å². The van der Waals surface area contributed by atoms with Gasteiger partial charge in [-0.1, -0.05) is 147 Å². The van der Waals surface area contributed by atoms with Crippen molar-refractivity contribution in [2.24, 2.45) is 0 Å². The van der Waals surface area contributed by atoms with Crippen LogP contribution in [0.25, 0.3) is 81.3 Å². The van der Waals surface area contributed by atoms with Gasteiger partial charge < -0.3 is 0 Å². The summed E-state index contributed by atoms with van der Waals surface area (Å²) in [5.74, 6) is 0. The molecule has 0 radical (unpaired) electrons. The monoisotopic (exact) mass is 584 g/mol. The van der Waals surface area contributed by atoms with E-state index >= 15 is 0 Å². The zero-order chi connectivity index (χ0) is 30.7. The molecule has 216 valence electrons. The summed E-state index contributed by atoms with van der Waals surface area (Å²) in [5, 5.41) is 17.4. The minimum absolute atomic E-state index is 0.150. The number of fused-ring (bicyclic) bond motifs is 5. The van der Waals surface area contributed by atoms with Crippen molar-refractivity contribution in [2.45, 2.75) is 26.2 Å². The van der Waals surface area contributed by atoms with E-state index in [4.69, 9.17) is 0 Å². The zero-order valence-electron chi connectivity index (χ0n) is 26.3. The molecule has 1 aliphatic carbocycles. The summed E-state index contributed by atoms with van der Waals surface area (Å²) in [7, 11) is 0. The lowest BCUT2D eigenvalue weighted by Gasteiger charge is -2.27. The van der Waals surface area contributed by atoms with Gasteiger partial charge in [0, 0.05) is 5.41 Å². The van der Waals surface area contributed by atoms with E-state index in [0.29, 0.717) is 0 Å². The average molecular weight is 585 g/mol. The first kappa shape index (κ1) is 25.8. The molecule has 1 aliphatic rings. The molecular formula is C46H32. The van der Waals surface area contributed by atoms with Gasteiger partial charge in [-0.15, -0.1) is 0 Å². The van der Waals surface area contributed by atoms with Crippen molar-refractivity contribution in [1.82, 2.24) is 0 Å². The largest absolute Gasteiger partial charge is 0.0616 e. The first-order valence-corrected chi connectivity index (χ1v) is 16.4. The Morgan fingerprint density at radius 3 is 1.93 bits per heavy atom. The van der Waals surface area contributed by atoms with Gasteiger partial charge in [-0.3, -0.25) is 0 Å². The van der Waals surface area contributed by atoms with E-state index in [1.165, 1.54) is 103 Å². The van der Waals surface area contributed by atoms with Crippen molar-refractivity contribution < 1.29 is 0 Å². The molecule has 10 rings (SSSR count). The smallest absolute Gasteiger partial charge is 0.0165 e. The number of hydrogen-bond acceptors (Lipinski definition) is 0. The third kappa shape index (κ3) is 3.29. The first-order chi connectivity index (χ1) is 22.5. The Morgan fingerprint density at radius 2 is 1.04 bits per heavy atom. The standard InChI is InChI=1S/C46H32/c1-27-31-13-6-5-11-30(31)26-41-32(27)22-23-37-35(41)16-9-17-39(37)45-40-21-19-29-18-20-36(34-15-8-12-28-10-4-7-14-33(28)34)38-24-25-42(46(45,2)3)44(40)43(29)38/h4-26H,1-3H3. The van der Waals surface area contributed by atoms with Crippen LogP contribution in [0.15, 0.2) is 140 Å². The molecule has 0 fully saturated rings. The van der Waals surface area contributed by atoms with Gasteiger partial charge >= 0.3 is 0 Å². The van der Waals surface area contributed by atoms with Crippen LogP contribution in [-0.4, -0.2) is 0 Å². The van der Waals surface area contributed by atoms with Crippen molar-refractivity contribution >= 4 is 70.2 Å². The van der Waals surface area contributed by atoms with Crippen molar-refractivity contribution in [3.8, 4) is 11.1 Å². The summed E-state index contributed by atoms with van der Waals surface area (Å²) in [6.45, 7) is 7.11. The average Bonchev–Trinajstić information content (AvgIpc) is 3.33. The second-order valence-electron chi connectivity index (χ2n) is 13.7. The molecule has 0 saturated carbocycles. The summed E-state index contributed by atoms with van der Waals surface area (Å²) in [4.78, 5) is 0. The molecule has 0 saturated heterocycles. The molecule has 0 N–H and O–H groups in total. The normalized spacial score (nSPS) is 14.1. The summed E-state index contributed by atoms with van der Waals surface area (Å²) in [5.41, 5.74) is 7.99. The highest BCUT2D eigenvalue weighted by Gasteiger charge is 2.36. The molecule has 0 heteroatoms. The molecule has 0 unspecified atom stereocenters. The fourth-order valence-electron chi connectivity index (χ4n) is 8.87. The summed E-state index contributed by atoms with van der Waals surface area (Å²) in [6.07, 6.45) is 0. The third-order valence-electron chi connectivity index (χ3n) is 11.0. The van der Waals surface area contributed by atoms with Gasteiger partial charge in [0.15, 0.2) is 0 Å². The number of hydrogen-bond donors (Lipinski definition) is 0. The van der Waals surface area contributed by atoms with E-state index in [2.05, 4.69) is 160 Å². The van der Waals surface area contributed by atoms with Gasteiger partial charge in [-0.25, -0.2) is 0 Å². The second-order valence-corrected chi connectivity index (χ2v) is 13.7. The first-order valence-electron chi connectivity index (χ1n) is 16.4. The van der Waals surface area contributed by atoms with Crippen molar-refractivity contribution in [3.63, 3.8) is 0 Å². The van der Waals surface area contributed by atoms with Gasteiger partial charge in [-0.05, 0) is 116 Å². The van der Waals surface area contributed by atoms with Crippen LogP contribution in [0.4, 0.5) is 0 Å². The molecule has 0 atom stereocenters. The molecule has 0 bridgehead atoms. The predicted molar refractivity (Wildman–Crippen MR) is 199 cm³/mol. The van der Waals surface area contributed by atoms with Crippen LogP contribution in [0.5, 0.6) is 0 Å². The van der Waals surface area contributed by atoms with Crippen LogP contribution >= 0.6 is 0 Å². The highest BCUT2D eigenvalue weighted by atomic mass is 14.4. The fourth-order valence-corrected chi connectivity index (χ4v) is 8.87. The van der Waals surface area contributed by atoms with Crippen LogP contribution in [0.1, 0.15) is 30.5 Å². The Morgan fingerprint density at radius 1 is 0.391 bits per heavy atom. The van der Waals surface area contributed by atoms with E-state index in [1.54, 1.807) is 0 Å². The molecule has 9 aromatic carbocycles. The number of aryl methyl sites for hydroxylation is 1. The highest BCUT2D eigenvalue weighted by molar-refractivity contribution is 6.21. The Labute approximate surface area is 268 Å². The van der Waals surface area contributed by atoms with Crippen LogP contribution < -0.4 is 5.22 Å². The molecule has 0 aliphatic heterocycles. The van der Waals surface area contributed by atoms with Crippen molar-refractivity contribution in [1.29, 1.82) is 0 Å². The van der Waals surface area contributed by atoms with Crippen LogP contribution in [-0.2, 0) is 5.41 Å². The number of benzene rings is 9. The maximum Gasteiger partial charge on any atom is 0.0165 e. The predicted octanol–water partition coefficient (Wildman–Crippen LogP) is 11.8. The molecular weight excluding hydrogens is 553 g/mol. The topological polar surface area (TPSA) is 0 Å². The maximum atomic E-state index is 2.42. The van der Waals surface area contributed by atoms with E-state index in [-0.39, 0.29) is 5.41 Å². The minimum Gasteiger partial charge on any atom is -0.0616 e. The molecule has 0 nitrogen and oxygen atoms in total. The Hall–Kier alpha value is -5.46. The molecule has 46 heavy (non-hydrogen) atoms. The van der Waals surface area contributed by atoms with Crippen molar-refractivity contribution in [3.05, 3.63) is 161 Å². The van der Waals surface area contributed by atoms with Crippen LogP contribution in [0.2, 0.25) is 0 Å². The minimum atomic E-state index is -0.150. The summed E-state index contributed by atoms with van der Waals surface area (Å²) >= 11 is 0. The Balaban J connectivity index is 1.30. The maximum absolute atomic E-state index is 2.42. The molecule has 0 aromatic heterocycles. The van der Waals surface area contributed by atoms with Gasteiger partial charge in [0.1, 0.15) is 0 Å². The van der Waals surface area contributed by atoms with E-state index in [9.17, 15) is 0 Å². The van der Waals surface area contributed by atoms with E-state index in [0.717, 1.165) is 0 Å². The summed E-state index contributed by atoms with van der Waals surface area (Å²) in [6, 6.07) is 52.5. The number of rotatable bonds is 2. The van der Waals surface area contributed by atoms with Gasteiger partial charge in [0.05, 0.1) is 0 Å². The van der Waals surface area contributed by atoms with Gasteiger partial charge in [0.2, 0.25) is 0 Å². The molecule has 0 amide bonds. The zero-order valence-corrected chi connectivity index (χ0v) is 26.3. The SMILES string of the molecule is Cc1c2ccccc2cc2c1ccc1c(C3=c4ccc5ccc(-c6cccc7ccccc67)c6ccc(c4c56)C3(C)C)cccc12. The lowest BCUT2D eigenvalue weighted by Crippen LogP contribution is -2.19. The van der Waals surface area contributed by atoms with Crippen molar-refractivity contribution in [2.75, 3.05) is 0 Å². The highest BCUT2D eigenvalue weighted by Crippen LogP contribution is 2.48. The molecule has 0 heterocycles. The van der Waals surface area contributed by atoms with E-state index < -0.39 is 0 Å². The fraction of sp³-hybridized carbons (Fsp3) is 0.0870. The Kier molecular flexibility index (Phi) is 5.08. The lowest BCUT2D eigenvalue weighted by atomic mass is 9.76. The van der Waals surface area contributed by atoms with Gasteiger partial charge in [-0.2, -0.15) is 0 Å². The summed E-state index contributed by atoms with van der Waals surface area (Å²) < 4.78 is 0. The van der Waals surface area contributed by atoms with Crippen LogP contribution in [0, 0.1) is 6.92 Å². The third-order valence-corrected chi connectivity index (χ3v) is 11.0. The van der Waals surface area contributed by atoms with Gasteiger partial charge in [0.25, 0.3) is 0 Å². The Bertz CT molecular complexity index is 2820. The lowest BCUT2D eigenvalue weighted by molar-refractivity contribution is 0.707. The molecule has 9 aromatic rings. The quantitative estimate of drug-likeness (QED) is 0.140.